The van der Waals surface area contributed by atoms with Gasteiger partial charge in [0, 0.05) is 43.7 Å². The second kappa shape index (κ2) is 11.3. The van der Waals surface area contributed by atoms with Crippen LogP contribution in [0, 0.1) is 0 Å². The number of hydrogen-bond donors (Lipinski definition) is 1. The van der Waals surface area contributed by atoms with Gasteiger partial charge in [-0.1, -0.05) is 29.8 Å². The fourth-order valence-corrected chi connectivity index (χ4v) is 5.72. The highest BCUT2D eigenvalue weighted by molar-refractivity contribution is 7.93. The molecule has 1 N–H and O–H groups in total. The van der Waals surface area contributed by atoms with Crippen molar-refractivity contribution in [3.05, 3.63) is 65.8 Å². The Hall–Kier alpha value is -4.27. The lowest BCUT2D eigenvalue weighted by Gasteiger charge is -2.23. The molecule has 0 aliphatic heterocycles. The molecule has 0 amide bonds. The monoisotopic (exact) mass is 598 g/mol. The van der Waals surface area contributed by atoms with Crippen LogP contribution in [0.4, 0.5) is 5.95 Å². The highest BCUT2D eigenvalue weighted by Crippen LogP contribution is 2.39. The summed E-state index contributed by atoms with van der Waals surface area (Å²) in [4.78, 5) is 8.28. The summed E-state index contributed by atoms with van der Waals surface area (Å²) in [7, 11) is 2.03. The molecule has 3 aromatic heterocycles. The van der Waals surface area contributed by atoms with E-state index in [1.807, 2.05) is 31.4 Å². The minimum Gasteiger partial charge on any atom is -0.494 e. The number of nitrogens with one attached hydrogen (secondary N) is 1. The molecule has 0 spiro atoms. The molecule has 2 atom stereocenters. The summed E-state index contributed by atoms with van der Waals surface area (Å²) in [5.74, 6) is 1.17. The summed E-state index contributed by atoms with van der Waals surface area (Å²) in [6.07, 6.45) is 3.61. The zero-order chi connectivity index (χ0) is 29.3. The molecule has 15 heteroatoms. The number of sulfonamides is 1. The van der Waals surface area contributed by atoms with E-state index in [2.05, 4.69) is 30.0 Å². The molecule has 0 radical (unpaired) electrons. The Morgan fingerprint density at radius 2 is 1.63 bits per heavy atom. The smallest absolute Gasteiger partial charge is 0.243 e. The third-order valence-electron chi connectivity index (χ3n) is 6.48. The third-order valence-corrected chi connectivity index (χ3v) is 8.37. The van der Waals surface area contributed by atoms with Gasteiger partial charge in [-0.15, -0.1) is 10.2 Å². The van der Waals surface area contributed by atoms with Crippen LogP contribution in [0.3, 0.4) is 0 Å². The Morgan fingerprint density at radius 1 is 0.976 bits per heavy atom. The number of ether oxygens (including phenoxy) is 3. The van der Waals surface area contributed by atoms with Crippen molar-refractivity contribution in [2.24, 2.45) is 7.05 Å². The number of methoxy groups -OCH3 is 3. The predicted octanol–water partition coefficient (Wildman–Crippen LogP) is 3.80. The molecule has 5 aromatic rings. The molecule has 2 aromatic carbocycles. The van der Waals surface area contributed by atoms with Crippen molar-refractivity contribution in [1.82, 2.24) is 34.5 Å². The molecule has 41 heavy (non-hydrogen) atoms. The van der Waals surface area contributed by atoms with Gasteiger partial charge >= 0.3 is 0 Å². The quantitative estimate of drug-likeness (QED) is 0.251. The molecule has 0 saturated heterocycles. The Labute approximate surface area is 241 Å². The van der Waals surface area contributed by atoms with Crippen LogP contribution in [0.15, 0.2) is 55.0 Å². The molecule has 0 unspecified atom stereocenters. The van der Waals surface area contributed by atoms with Gasteiger partial charge in [0.15, 0.2) is 11.6 Å². The van der Waals surface area contributed by atoms with Crippen molar-refractivity contribution in [2.45, 2.75) is 18.3 Å². The molecular weight excluding hydrogens is 572 g/mol. The number of rotatable bonds is 10. The predicted molar refractivity (Wildman–Crippen MR) is 153 cm³/mol. The van der Waals surface area contributed by atoms with Crippen molar-refractivity contribution in [1.29, 1.82) is 0 Å². The molecule has 0 aliphatic carbocycles. The lowest BCUT2D eigenvalue weighted by molar-refractivity contribution is 0.0950. The molecule has 5 rings (SSSR count). The first kappa shape index (κ1) is 28.3. The zero-order valence-electron chi connectivity index (χ0n) is 22.8. The van der Waals surface area contributed by atoms with Gasteiger partial charge in [-0.3, -0.25) is 14.0 Å². The summed E-state index contributed by atoms with van der Waals surface area (Å²) in [5.41, 5.74) is 1.66. The van der Waals surface area contributed by atoms with E-state index in [0.717, 1.165) is 5.39 Å². The van der Waals surface area contributed by atoms with Gasteiger partial charge in [0.2, 0.25) is 16.0 Å². The van der Waals surface area contributed by atoms with Gasteiger partial charge in [0.05, 0.1) is 19.2 Å². The largest absolute Gasteiger partial charge is 0.494 e. The number of fused-ring (bicyclic) bond motifs is 1. The van der Waals surface area contributed by atoms with Crippen molar-refractivity contribution in [3.8, 4) is 28.6 Å². The maximum absolute atomic E-state index is 13.8. The van der Waals surface area contributed by atoms with E-state index in [1.165, 1.54) is 45.2 Å². The number of hydrogen-bond acceptors (Lipinski definition) is 10. The molecule has 3 heterocycles. The van der Waals surface area contributed by atoms with E-state index in [1.54, 1.807) is 22.9 Å². The number of halogens is 1. The average molecular weight is 599 g/mol. The Morgan fingerprint density at radius 3 is 2.27 bits per heavy atom. The van der Waals surface area contributed by atoms with E-state index in [4.69, 9.17) is 25.8 Å². The number of aromatic nitrogens is 7. The maximum atomic E-state index is 13.8. The van der Waals surface area contributed by atoms with Crippen molar-refractivity contribution in [2.75, 3.05) is 26.1 Å². The first-order valence-corrected chi connectivity index (χ1v) is 14.2. The van der Waals surface area contributed by atoms with Crippen molar-refractivity contribution >= 4 is 38.5 Å². The van der Waals surface area contributed by atoms with Crippen LogP contribution in [-0.4, -0.2) is 69.5 Å². The van der Waals surface area contributed by atoms with Gasteiger partial charge < -0.3 is 14.2 Å². The topological polar surface area (TPSA) is 148 Å². The van der Waals surface area contributed by atoms with Crippen LogP contribution in [0.2, 0.25) is 5.02 Å². The molecule has 0 saturated carbocycles. The zero-order valence-corrected chi connectivity index (χ0v) is 24.4. The molecule has 13 nitrogen and oxygen atoms in total. The van der Waals surface area contributed by atoms with E-state index < -0.39 is 21.4 Å². The van der Waals surface area contributed by atoms with Crippen LogP contribution >= 0.6 is 11.6 Å². The standard InChI is InChI=1S/C26H27ClN8O5S/c1-15(23(40-5)24-28-12-17(27)13-29-24)41(36,37)33-26-31-30-25(18-9-6-8-16-14-34(2)32-21(16)18)35(26)22-19(38-3)10-7-11-20(22)39-4/h6-15,23H,1-5H3,(H,31,33)/t15-,23-/m0/s1. The highest BCUT2D eigenvalue weighted by Gasteiger charge is 2.35. The summed E-state index contributed by atoms with van der Waals surface area (Å²) < 4.78 is 50.1. The van der Waals surface area contributed by atoms with E-state index >= 15 is 0 Å². The normalized spacial score (nSPS) is 13.2. The SMILES string of the molecule is COc1cccc(OC)c1-n1c(NS(=O)(=O)[C@@H](C)[C@H](OC)c2ncc(Cl)cn2)nnc1-c1cccc2cn(C)nc12. The van der Waals surface area contributed by atoms with Gasteiger partial charge in [0.1, 0.15) is 34.1 Å². The second-order valence-corrected chi connectivity index (χ2v) is 11.5. The minimum absolute atomic E-state index is 0.102. The Kier molecular flexibility index (Phi) is 7.80. The molecule has 0 fully saturated rings. The number of para-hydroxylation sites is 1. The lowest BCUT2D eigenvalue weighted by Crippen LogP contribution is -2.33. The van der Waals surface area contributed by atoms with E-state index in [9.17, 15) is 8.42 Å². The lowest BCUT2D eigenvalue weighted by atomic mass is 10.1. The Bertz CT molecular complexity index is 1780. The molecule has 0 bridgehead atoms. The van der Waals surface area contributed by atoms with Gasteiger partial charge in [-0.2, -0.15) is 5.10 Å². The van der Waals surface area contributed by atoms with Crippen LogP contribution in [-0.2, 0) is 21.8 Å². The first-order chi connectivity index (χ1) is 19.7. The summed E-state index contributed by atoms with van der Waals surface area (Å²) >= 11 is 5.91. The van der Waals surface area contributed by atoms with Gasteiger partial charge in [-0.05, 0) is 25.1 Å². The summed E-state index contributed by atoms with van der Waals surface area (Å²) in [6.45, 7) is 1.48. The number of anilines is 1. The molecule has 214 valence electrons. The van der Waals surface area contributed by atoms with Gasteiger partial charge in [-0.25, -0.2) is 18.4 Å². The molecule has 0 aliphatic rings. The number of benzene rings is 2. The maximum Gasteiger partial charge on any atom is 0.243 e. The third kappa shape index (κ3) is 5.28. The fraction of sp³-hybridized carbons (Fsp3) is 0.269. The summed E-state index contributed by atoms with van der Waals surface area (Å²) in [6, 6.07) is 10.8. The minimum atomic E-state index is -4.17. The van der Waals surface area contributed by atoms with Gasteiger partial charge in [0.25, 0.3) is 0 Å². The summed E-state index contributed by atoms with van der Waals surface area (Å²) in [5, 5.41) is 13.3. The molecular formula is C26H27ClN8O5S. The Balaban J connectivity index is 1.67. The van der Waals surface area contributed by atoms with E-state index in [0.29, 0.717) is 39.1 Å². The van der Waals surface area contributed by atoms with Crippen molar-refractivity contribution < 1.29 is 22.6 Å². The van der Waals surface area contributed by atoms with Crippen LogP contribution in [0.1, 0.15) is 18.9 Å². The highest BCUT2D eigenvalue weighted by atomic mass is 35.5. The van der Waals surface area contributed by atoms with Crippen LogP contribution < -0.4 is 14.2 Å². The van der Waals surface area contributed by atoms with Crippen LogP contribution in [0.5, 0.6) is 11.5 Å². The average Bonchev–Trinajstić information content (AvgIpc) is 3.55. The second-order valence-electron chi connectivity index (χ2n) is 9.01. The van der Waals surface area contributed by atoms with Crippen molar-refractivity contribution in [3.63, 3.8) is 0 Å². The number of aryl methyl sites for hydroxylation is 1. The number of nitrogens with zero attached hydrogens (tertiary/aromatic N) is 7. The fourth-order valence-electron chi connectivity index (χ4n) is 4.49. The first-order valence-electron chi connectivity index (χ1n) is 12.3. The van der Waals surface area contributed by atoms with Crippen LogP contribution in [0.25, 0.3) is 28.0 Å². The van der Waals surface area contributed by atoms with E-state index in [-0.39, 0.29) is 11.8 Å².